The van der Waals surface area contributed by atoms with E-state index in [-0.39, 0.29) is 5.56 Å². The molecule has 3 rings (SSSR count). The van der Waals surface area contributed by atoms with Crippen molar-refractivity contribution in [1.29, 1.82) is 0 Å². The van der Waals surface area contributed by atoms with Crippen LogP contribution >= 0.6 is 0 Å². The van der Waals surface area contributed by atoms with Gasteiger partial charge in [-0.3, -0.25) is 0 Å². The number of carboxylic acid groups (broad SMARTS) is 1. The van der Waals surface area contributed by atoms with Crippen molar-refractivity contribution in [2.24, 2.45) is 0 Å². The zero-order chi connectivity index (χ0) is 15.0. The number of fused-ring (bicyclic) bond motifs is 1. The number of hydrogen-bond acceptors (Lipinski definition) is 3. The molecule has 1 aromatic heterocycles. The molecule has 0 unspecified atom stereocenters. The van der Waals surface area contributed by atoms with Gasteiger partial charge in [-0.2, -0.15) is 0 Å². The highest BCUT2D eigenvalue weighted by Gasteiger charge is 2.20. The summed E-state index contributed by atoms with van der Waals surface area (Å²) >= 11 is 0. The Kier molecular flexibility index (Phi) is 3.45. The van der Waals surface area contributed by atoms with Gasteiger partial charge < -0.3 is 14.4 Å². The van der Waals surface area contributed by atoms with Crippen LogP contribution in [0.4, 0.5) is 5.69 Å². The number of nitrogens with zero attached hydrogens (tertiary/aromatic N) is 1. The lowest BCUT2D eigenvalue weighted by Crippen LogP contribution is -2.28. The van der Waals surface area contributed by atoms with Gasteiger partial charge in [-0.1, -0.05) is 17.7 Å². The van der Waals surface area contributed by atoms with Gasteiger partial charge in [0.2, 0.25) is 0 Å². The van der Waals surface area contributed by atoms with E-state index in [1.165, 1.54) is 16.8 Å². The first-order valence-electron chi connectivity index (χ1n) is 7.21. The third kappa shape index (κ3) is 2.66. The lowest BCUT2D eigenvalue weighted by atomic mass is 9.99. The van der Waals surface area contributed by atoms with Crippen LogP contribution in [-0.4, -0.2) is 17.6 Å². The zero-order valence-electron chi connectivity index (χ0n) is 12.3. The zero-order valence-corrected chi connectivity index (χ0v) is 12.3. The van der Waals surface area contributed by atoms with Crippen LogP contribution in [0.3, 0.4) is 0 Å². The summed E-state index contributed by atoms with van der Waals surface area (Å²) < 4.78 is 5.59. The molecule has 21 heavy (non-hydrogen) atoms. The molecule has 1 aromatic carbocycles. The number of carbonyl (C=O) groups is 1. The van der Waals surface area contributed by atoms with Gasteiger partial charge >= 0.3 is 5.97 Å². The van der Waals surface area contributed by atoms with Gasteiger partial charge in [0.25, 0.3) is 0 Å². The molecule has 0 bridgehead atoms. The largest absolute Gasteiger partial charge is 0.478 e. The summed E-state index contributed by atoms with van der Waals surface area (Å²) in [5.74, 6) is 0.245. The fourth-order valence-electron chi connectivity index (χ4n) is 2.99. The van der Waals surface area contributed by atoms with Crippen molar-refractivity contribution in [2.45, 2.75) is 33.2 Å². The topological polar surface area (TPSA) is 53.7 Å². The molecule has 0 amide bonds. The van der Waals surface area contributed by atoms with Crippen molar-refractivity contribution in [3.63, 3.8) is 0 Å². The van der Waals surface area contributed by atoms with Crippen LogP contribution < -0.4 is 4.90 Å². The second kappa shape index (κ2) is 5.28. The molecule has 0 fully saturated rings. The lowest BCUT2D eigenvalue weighted by molar-refractivity contribution is 0.0695. The van der Waals surface area contributed by atoms with Crippen molar-refractivity contribution in [2.75, 3.05) is 11.4 Å². The predicted molar refractivity (Wildman–Crippen MR) is 81.0 cm³/mol. The van der Waals surface area contributed by atoms with Crippen LogP contribution in [0.25, 0.3) is 0 Å². The van der Waals surface area contributed by atoms with E-state index in [1.54, 1.807) is 13.0 Å². The quantitative estimate of drug-likeness (QED) is 0.937. The highest BCUT2D eigenvalue weighted by Crippen LogP contribution is 2.30. The summed E-state index contributed by atoms with van der Waals surface area (Å²) in [4.78, 5) is 13.4. The van der Waals surface area contributed by atoms with Crippen molar-refractivity contribution in [3.8, 4) is 0 Å². The summed E-state index contributed by atoms with van der Waals surface area (Å²) in [5, 5.41) is 9.10. The molecule has 0 spiro atoms. The molecule has 0 radical (unpaired) electrons. The SMILES string of the molecule is Cc1ccc2c(c1)CCCN2Cc1cc(C(=O)O)c(C)o1. The molecule has 1 N–H and O–H groups in total. The van der Waals surface area contributed by atoms with Crippen molar-refractivity contribution < 1.29 is 14.3 Å². The summed E-state index contributed by atoms with van der Waals surface area (Å²) in [6.45, 7) is 5.39. The number of aryl methyl sites for hydroxylation is 3. The third-order valence-electron chi connectivity index (χ3n) is 4.00. The first-order valence-corrected chi connectivity index (χ1v) is 7.21. The minimum Gasteiger partial charge on any atom is -0.478 e. The Hall–Kier alpha value is -2.23. The molecule has 4 heteroatoms. The first-order chi connectivity index (χ1) is 10.0. The van der Waals surface area contributed by atoms with Gasteiger partial charge in [0.15, 0.2) is 0 Å². The van der Waals surface area contributed by atoms with E-state index in [2.05, 4.69) is 30.0 Å². The summed E-state index contributed by atoms with van der Waals surface area (Å²) in [7, 11) is 0. The van der Waals surface area contributed by atoms with Crippen molar-refractivity contribution >= 4 is 11.7 Å². The maximum atomic E-state index is 11.1. The number of furan rings is 1. The molecular weight excluding hydrogens is 266 g/mol. The molecule has 0 aliphatic carbocycles. The Morgan fingerprint density at radius 2 is 2.14 bits per heavy atom. The van der Waals surface area contributed by atoms with Crippen LogP contribution in [0.15, 0.2) is 28.7 Å². The second-order valence-corrected chi connectivity index (χ2v) is 5.65. The second-order valence-electron chi connectivity index (χ2n) is 5.65. The van der Waals surface area contributed by atoms with Crippen LogP contribution in [-0.2, 0) is 13.0 Å². The van der Waals surface area contributed by atoms with E-state index >= 15 is 0 Å². The number of hydrogen-bond donors (Lipinski definition) is 1. The first kappa shape index (κ1) is 13.7. The van der Waals surface area contributed by atoms with Crippen LogP contribution in [0.2, 0.25) is 0 Å². The van der Waals surface area contributed by atoms with Gasteiger partial charge in [-0.05, 0) is 44.4 Å². The molecule has 1 aliphatic rings. The maximum absolute atomic E-state index is 11.1. The molecule has 0 saturated carbocycles. The van der Waals surface area contributed by atoms with E-state index in [4.69, 9.17) is 9.52 Å². The molecule has 1 aliphatic heterocycles. The lowest BCUT2D eigenvalue weighted by Gasteiger charge is -2.30. The average molecular weight is 285 g/mol. The molecule has 0 atom stereocenters. The number of anilines is 1. The number of benzene rings is 1. The van der Waals surface area contributed by atoms with Crippen molar-refractivity contribution in [1.82, 2.24) is 0 Å². The fraction of sp³-hybridized carbons (Fsp3) is 0.353. The van der Waals surface area contributed by atoms with E-state index in [9.17, 15) is 4.79 Å². The Bertz CT molecular complexity index is 687. The Balaban J connectivity index is 1.87. The standard InChI is InChI=1S/C17H19NO3/c1-11-5-6-16-13(8-11)4-3-7-18(16)10-14-9-15(17(19)20)12(2)21-14/h5-6,8-9H,3-4,7,10H2,1-2H3,(H,19,20). The number of carboxylic acids is 1. The average Bonchev–Trinajstić information content (AvgIpc) is 2.79. The third-order valence-corrected chi connectivity index (χ3v) is 4.00. The monoisotopic (exact) mass is 285 g/mol. The van der Waals surface area contributed by atoms with Gasteiger partial charge in [-0.25, -0.2) is 4.79 Å². The van der Waals surface area contributed by atoms with Gasteiger partial charge in [0, 0.05) is 12.2 Å². The Morgan fingerprint density at radius 1 is 1.33 bits per heavy atom. The highest BCUT2D eigenvalue weighted by atomic mass is 16.4. The van der Waals surface area contributed by atoms with E-state index in [0.29, 0.717) is 18.1 Å². The minimum atomic E-state index is -0.933. The van der Waals surface area contributed by atoms with E-state index < -0.39 is 5.97 Å². The fourth-order valence-corrected chi connectivity index (χ4v) is 2.99. The Labute approximate surface area is 124 Å². The van der Waals surface area contributed by atoms with Crippen LogP contribution in [0.1, 0.15) is 39.4 Å². The summed E-state index contributed by atoms with van der Waals surface area (Å²) in [6, 6.07) is 8.14. The van der Waals surface area contributed by atoms with Crippen LogP contribution in [0, 0.1) is 13.8 Å². The van der Waals surface area contributed by atoms with E-state index in [1.807, 2.05) is 0 Å². The molecular formula is C17H19NO3. The molecule has 2 aromatic rings. The normalized spacial score (nSPS) is 14.1. The number of aromatic carboxylic acids is 1. The highest BCUT2D eigenvalue weighted by molar-refractivity contribution is 5.88. The van der Waals surface area contributed by atoms with Crippen molar-refractivity contribution in [3.05, 3.63) is 52.5 Å². The summed E-state index contributed by atoms with van der Waals surface area (Å²) in [6.07, 6.45) is 2.22. The number of rotatable bonds is 3. The maximum Gasteiger partial charge on any atom is 0.339 e. The molecule has 2 heterocycles. The molecule has 110 valence electrons. The molecule has 4 nitrogen and oxygen atoms in total. The molecule has 0 saturated heterocycles. The van der Waals surface area contributed by atoms with Gasteiger partial charge in [-0.15, -0.1) is 0 Å². The predicted octanol–water partition coefficient (Wildman–Crippen LogP) is 3.55. The van der Waals surface area contributed by atoms with Crippen LogP contribution in [0.5, 0.6) is 0 Å². The van der Waals surface area contributed by atoms with Gasteiger partial charge in [0.1, 0.15) is 17.1 Å². The minimum absolute atomic E-state index is 0.256. The van der Waals surface area contributed by atoms with Gasteiger partial charge in [0.05, 0.1) is 6.54 Å². The van der Waals surface area contributed by atoms with E-state index in [0.717, 1.165) is 19.4 Å². The summed E-state index contributed by atoms with van der Waals surface area (Å²) in [5.41, 5.74) is 4.13. The Morgan fingerprint density at radius 3 is 2.86 bits per heavy atom. The smallest absolute Gasteiger partial charge is 0.339 e.